The number of amides is 2. The Morgan fingerprint density at radius 1 is 1.26 bits per heavy atom. The Labute approximate surface area is 158 Å². The van der Waals surface area contributed by atoms with Crippen molar-refractivity contribution in [3.63, 3.8) is 0 Å². The van der Waals surface area contributed by atoms with E-state index in [1.165, 1.54) is 30.5 Å². The fourth-order valence-corrected chi connectivity index (χ4v) is 3.70. The second-order valence-electron chi connectivity index (χ2n) is 7.35. The lowest BCUT2D eigenvalue weighted by Gasteiger charge is -2.20. The molecule has 3 aromatic rings. The molecule has 27 heavy (non-hydrogen) atoms. The van der Waals surface area contributed by atoms with E-state index in [0.717, 1.165) is 35.4 Å². The van der Waals surface area contributed by atoms with Crippen molar-refractivity contribution in [2.24, 2.45) is 0 Å². The Morgan fingerprint density at radius 3 is 2.93 bits per heavy atom. The molecule has 0 bridgehead atoms. The van der Waals surface area contributed by atoms with Gasteiger partial charge in [0.2, 0.25) is 0 Å². The van der Waals surface area contributed by atoms with Crippen LogP contribution in [0.5, 0.6) is 0 Å². The highest BCUT2D eigenvalue weighted by Gasteiger charge is 2.20. The van der Waals surface area contributed by atoms with Gasteiger partial charge in [-0.15, -0.1) is 0 Å². The van der Waals surface area contributed by atoms with Crippen LogP contribution in [0.3, 0.4) is 0 Å². The van der Waals surface area contributed by atoms with Gasteiger partial charge in [0.15, 0.2) is 0 Å². The number of hydrogen-bond donors (Lipinski definition) is 3. The summed E-state index contributed by atoms with van der Waals surface area (Å²) in [5.74, 6) is 0.756. The summed E-state index contributed by atoms with van der Waals surface area (Å²) in [6.07, 6.45) is 5.76. The molecule has 3 N–H and O–H groups in total. The van der Waals surface area contributed by atoms with Crippen LogP contribution in [0.4, 0.5) is 4.79 Å². The average Bonchev–Trinajstić information content (AvgIpc) is 3.18. The van der Waals surface area contributed by atoms with Gasteiger partial charge in [0.1, 0.15) is 5.82 Å². The number of rotatable bonds is 4. The molecule has 0 fully saturated rings. The van der Waals surface area contributed by atoms with E-state index in [1.807, 2.05) is 31.2 Å². The van der Waals surface area contributed by atoms with E-state index < -0.39 is 0 Å². The van der Waals surface area contributed by atoms with Crippen molar-refractivity contribution >= 4 is 17.1 Å². The van der Waals surface area contributed by atoms with E-state index in [1.54, 1.807) is 11.9 Å². The highest BCUT2D eigenvalue weighted by atomic mass is 16.2. The van der Waals surface area contributed by atoms with Crippen LogP contribution < -0.4 is 5.32 Å². The van der Waals surface area contributed by atoms with Crippen LogP contribution in [0.2, 0.25) is 0 Å². The molecule has 7 heteroatoms. The molecular weight excluding hydrogens is 340 g/mol. The molecule has 0 saturated carbocycles. The van der Waals surface area contributed by atoms with Crippen LogP contribution in [-0.2, 0) is 19.4 Å². The summed E-state index contributed by atoms with van der Waals surface area (Å²) in [6, 6.07) is 7.52. The normalized spacial score (nSPS) is 15.2. The molecule has 1 aromatic carbocycles. The number of imidazole rings is 1. The molecule has 0 spiro atoms. The fraction of sp³-hybridized carbons (Fsp3) is 0.450. The summed E-state index contributed by atoms with van der Waals surface area (Å²) in [7, 11) is 1.80. The number of carbonyl (C=O) groups is 1. The first-order valence-electron chi connectivity index (χ1n) is 9.63. The number of nitrogens with zero attached hydrogens (tertiary/aromatic N) is 3. The third-order valence-electron chi connectivity index (χ3n) is 5.28. The van der Waals surface area contributed by atoms with Crippen molar-refractivity contribution in [1.82, 2.24) is 30.4 Å². The number of nitrogens with one attached hydrogen (secondary N) is 3. The van der Waals surface area contributed by atoms with E-state index in [4.69, 9.17) is 0 Å². The summed E-state index contributed by atoms with van der Waals surface area (Å²) in [5.41, 5.74) is 5.41. The zero-order chi connectivity index (χ0) is 18.8. The summed E-state index contributed by atoms with van der Waals surface area (Å²) in [6.45, 7) is 2.44. The number of benzene rings is 1. The van der Waals surface area contributed by atoms with Crippen LogP contribution in [0.25, 0.3) is 11.0 Å². The molecule has 2 aromatic heterocycles. The van der Waals surface area contributed by atoms with Crippen LogP contribution in [0, 0.1) is 0 Å². The molecule has 2 heterocycles. The van der Waals surface area contributed by atoms with Crippen LogP contribution in [0.15, 0.2) is 24.3 Å². The minimum absolute atomic E-state index is 0.131. The highest BCUT2D eigenvalue weighted by Crippen LogP contribution is 2.22. The topological polar surface area (TPSA) is 89.7 Å². The van der Waals surface area contributed by atoms with Crippen molar-refractivity contribution < 1.29 is 4.79 Å². The number of carbonyl (C=O) groups excluding carboxylic acids is 1. The predicted molar refractivity (Wildman–Crippen MR) is 104 cm³/mol. The van der Waals surface area contributed by atoms with Gasteiger partial charge in [-0.1, -0.05) is 18.6 Å². The summed E-state index contributed by atoms with van der Waals surface area (Å²) in [4.78, 5) is 22.2. The van der Waals surface area contributed by atoms with Gasteiger partial charge in [-0.05, 0) is 50.3 Å². The van der Waals surface area contributed by atoms with E-state index in [0.29, 0.717) is 6.54 Å². The van der Waals surface area contributed by atoms with E-state index in [-0.39, 0.29) is 12.1 Å². The SMILES string of the molecule is C[C@H](NC(=O)N(C)Cc1n[nH]c2c1CCCCC2)c1nc2ccccc2[nH]1. The Kier molecular flexibility index (Phi) is 4.83. The van der Waals surface area contributed by atoms with Gasteiger partial charge >= 0.3 is 6.03 Å². The molecule has 1 atom stereocenters. The first-order valence-corrected chi connectivity index (χ1v) is 9.63. The van der Waals surface area contributed by atoms with Gasteiger partial charge < -0.3 is 15.2 Å². The molecule has 0 saturated heterocycles. The van der Waals surface area contributed by atoms with E-state index >= 15 is 0 Å². The second kappa shape index (κ2) is 7.42. The molecule has 1 aliphatic rings. The van der Waals surface area contributed by atoms with Crippen molar-refractivity contribution in [1.29, 1.82) is 0 Å². The lowest BCUT2D eigenvalue weighted by molar-refractivity contribution is 0.202. The number of aromatic amines is 2. The minimum Gasteiger partial charge on any atom is -0.340 e. The largest absolute Gasteiger partial charge is 0.340 e. The number of para-hydroxylation sites is 2. The third-order valence-corrected chi connectivity index (χ3v) is 5.28. The summed E-state index contributed by atoms with van der Waals surface area (Å²) >= 11 is 0. The van der Waals surface area contributed by atoms with Gasteiger partial charge in [0.25, 0.3) is 0 Å². The highest BCUT2D eigenvalue weighted by molar-refractivity contribution is 5.76. The number of hydrogen-bond acceptors (Lipinski definition) is 3. The second-order valence-corrected chi connectivity index (χ2v) is 7.35. The third kappa shape index (κ3) is 3.67. The van der Waals surface area contributed by atoms with Crippen molar-refractivity contribution in [3.05, 3.63) is 47.0 Å². The summed E-state index contributed by atoms with van der Waals surface area (Å²) in [5, 5.41) is 10.6. The average molecular weight is 366 g/mol. The Hall–Kier alpha value is -2.83. The van der Waals surface area contributed by atoms with Crippen molar-refractivity contribution in [2.75, 3.05) is 7.05 Å². The van der Waals surface area contributed by atoms with Gasteiger partial charge in [-0.3, -0.25) is 5.10 Å². The van der Waals surface area contributed by atoms with Gasteiger partial charge in [-0.2, -0.15) is 5.10 Å². The molecule has 4 rings (SSSR count). The molecule has 0 radical (unpaired) electrons. The molecule has 7 nitrogen and oxygen atoms in total. The Balaban J connectivity index is 1.41. The minimum atomic E-state index is -0.205. The fourth-order valence-electron chi connectivity index (χ4n) is 3.70. The van der Waals surface area contributed by atoms with E-state index in [9.17, 15) is 4.79 Å². The molecule has 0 unspecified atom stereocenters. The number of aryl methyl sites for hydroxylation is 1. The Bertz CT molecular complexity index is 910. The van der Waals surface area contributed by atoms with Crippen LogP contribution >= 0.6 is 0 Å². The molecule has 1 aliphatic carbocycles. The van der Waals surface area contributed by atoms with Crippen molar-refractivity contribution in [2.45, 2.75) is 51.6 Å². The first kappa shape index (κ1) is 17.6. The zero-order valence-electron chi connectivity index (χ0n) is 15.9. The Morgan fingerprint density at radius 2 is 2.07 bits per heavy atom. The number of urea groups is 1. The lowest BCUT2D eigenvalue weighted by atomic mass is 10.1. The predicted octanol–water partition coefficient (Wildman–Crippen LogP) is 3.46. The quantitative estimate of drug-likeness (QED) is 0.618. The monoisotopic (exact) mass is 366 g/mol. The van der Waals surface area contributed by atoms with Gasteiger partial charge in [-0.25, -0.2) is 9.78 Å². The maximum Gasteiger partial charge on any atom is 0.318 e. The number of H-pyrrole nitrogens is 2. The summed E-state index contributed by atoms with van der Waals surface area (Å²) < 4.78 is 0. The maximum atomic E-state index is 12.6. The van der Waals surface area contributed by atoms with Crippen molar-refractivity contribution in [3.8, 4) is 0 Å². The lowest BCUT2D eigenvalue weighted by Crippen LogP contribution is -2.38. The van der Waals surface area contributed by atoms with Gasteiger partial charge in [0.05, 0.1) is 29.3 Å². The first-order chi connectivity index (χ1) is 13.1. The van der Waals surface area contributed by atoms with E-state index in [2.05, 4.69) is 25.5 Å². The zero-order valence-corrected chi connectivity index (χ0v) is 15.9. The van der Waals surface area contributed by atoms with Crippen LogP contribution in [0.1, 0.15) is 55.0 Å². The number of aromatic nitrogens is 4. The standard InChI is InChI=1S/C20H26N6O/c1-13(19-22-16-10-6-7-11-17(16)23-19)21-20(27)26(2)12-18-14-8-4-3-5-9-15(14)24-25-18/h6-7,10-11,13H,3-5,8-9,12H2,1-2H3,(H,21,27)(H,22,23)(H,24,25)/t13-/m0/s1. The van der Waals surface area contributed by atoms with Crippen LogP contribution in [-0.4, -0.2) is 38.1 Å². The molecular formula is C20H26N6O. The molecule has 0 aliphatic heterocycles. The smallest absolute Gasteiger partial charge is 0.318 e. The molecule has 2 amide bonds. The van der Waals surface area contributed by atoms with Gasteiger partial charge in [0, 0.05) is 12.7 Å². The maximum absolute atomic E-state index is 12.6. The number of fused-ring (bicyclic) bond motifs is 2. The molecule has 142 valence electrons.